The van der Waals surface area contributed by atoms with Gasteiger partial charge in [-0.2, -0.15) is 0 Å². The summed E-state index contributed by atoms with van der Waals surface area (Å²) in [5, 5.41) is 9.80. The Morgan fingerprint density at radius 2 is 2.25 bits per heavy atom. The Labute approximate surface area is 119 Å². The van der Waals surface area contributed by atoms with Crippen LogP contribution in [0.2, 0.25) is 5.02 Å². The molecule has 1 aromatic heterocycles. The first-order chi connectivity index (χ1) is 9.47. The van der Waals surface area contributed by atoms with Crippen molar-refractivity contribution in [2.45, 2.75) is 13.0 Å². The monoisotopic (exact) mass is 294 g/mol. The fraction of sp³-hybridized carbons (Fsp3) is 0.286. The molecule has 0 unspecified atom stereocenters. The number of carboxylic acid groups (broad SMARTS) is 1. The van der Waals surface area contributed by atoms with Crippen LogP contribution in [0.5, 0.6) is 0 Å². The van der Waals surface area contributed by atoms with Gasteiger partial charge in [0.2, 0.25) is 0 Å². The van der Waals surface area contributed by atoms with E-state index in [2.05, 4.69) is 4.98 Å². The largest absolute Gasteiger partial charge is 0.478 e. The molecule has 4 nitrogen and oxygen atoms in total. The summed E-state index contributed by atoms with van der Waals surface area (Å²) >= 11 is 5.77. The Morgan fingerprint density at radius 1 is 1.50 bits per heavy atom. The van der Waals surface area contributed by atoms with Crippen LogP contribution in [0.4, 0.5) is 4.39 Å². The van der Waals surface area contributed by atoms with E-state index in [0.29, 0.717) is 29.4 Å². The maximum absolute atomic E-state index is 13.5. The Kier molecular flexibility index (Phi) is 3.11. The van der Waals surface area contributed by atoms with Crippen molar-refractivity contribution in [2.75, 3.05) is 13.6 Å². The second-order valence-corrected chi connectivity index (χ2v) is 5.40. The number of aromatic nitrogens is 1. The first-order valence-electron chi connectivity index (χ1n) is 6.19. The van der Waals surface area contributed by atoms with Crippen LogP contribution in [0.15, 0.2) is 12.1 Å². The molecule has 0 bridgehead atoms. The first-order valence-corrected chi connectivity index (χ1v) is 6.57. The number of carboxylic acids is 1. The minimum atomic E-state index is -1.04. The molecule has 1 aliphatic heterocycles. The van der Waals surface area contributed by atoms with Gasteiger partial charge >= 0.3 is 5.97 Å². The predicted molar refractivity (Wildman–Crippen MR) is 73.7 cm³/mol. The molecular weight excluding hydrogens is 283 g/mol. The van der Waals surface area contributed by atoms with Gasteiger partial charge in [0.15, 0.2) is 0 Å². The van der Waals surface area contributed by atoms with Crippen LogP contribution in [-0.2, 0) is 13.0 Å². The fourth-order valence-electron chi connectivity index (χ4n) is 2.62. The minimum absolute atomic E-state index is 0.0917. The molecule has 20 heavy (non-hydrogen) atoms. The Balaban J connectivity index is 2.39. The third kappa shape index (κ3) is 2.03. The van der Waals surface area contributed by atoms with Gasteiger partial charge in [-0.25, -0.2) is 9.18 Å². The minimum Gasteiger partial charge on any atom is -0.478 e. The summed E-state index contributed by atoms with van der Waals surface area (Å²) in [6.45, 7) is 1.33. The number of pyridine rings is 1. The normalized spacial score (nSPS) is 15.3. The van der Waals surface area contributed by atoms with E-state index in [1.54, 1.807) is 0 Å². The molecule has 104 valence electrons. The van der Waals surface area contributed by atoms with E-state index in [0.717, 1.165) is 12.2 Å². The predicted octanol–water partition coefficient (Wildman–Crippen LogP) is 2.71. The van der Waals surface area contributed by atoms with Crippen LogP contribution >= 0.6 is 11.6 Å². The van der Waals surface area contributed by atoms with Crippen LogP contribution in [0.25, 0.3) is 10.9 Å². The molecule has 0 saturated carbocycles. The lowest BCUT2D eigenvalue weighted by Crippen LogP contribution is -2.29. The topological polar surface area (TPSA) is 53.4 Å². The Hall–Kier alpha value is -1.72. The number of aromatic carboxylic acids is 1. The molecule has 0 aliphatic carbocycles. The van der Waals surface area contributed by atoms with E-state index < -0.39 is 11.8 Å². The van der Waals surface area contributed by atoms with E-state index in [4.69, 9.17) is 11.6 Å². The average Bonchev–Trinajstić information content (AvgIpc) is 2.37. The van der Waals surface area contributed by atoms with Crippen molar-refractivity contribution in [3.05, 3.63) is 39.8 Å². The molecule has 3 rings (SSSR count). The van der Waals surface area contributed by atoms with E-state index in [9.17, 15) is 14.3 Å². The molecule has 0 saturated heterocycles. The highest BCUT2D eigenvalue weighted by Crippen LogP contribution is 2.30. The number of carbonyl (C=O) groups is 1. The number of benzene rings is 1. The second kappa shape index (κ2) is 4.68. The summed E-state index contributed by atoms with van der Waals surface area (Å²) in [6, 6.07) is 2.54. The van der Waals surface area contributed by atoms with Crippen LogP contribution in [0, 0.1) is 5.82 Å². The van der Waals surface area contributed by atoms with Gasteiger partial charge in [-0.05, 0) is 13.1 Å². The summed E-state index contributed by atoms with van der Waals surface area (Å²) in [5.74, 6) is -1.62. The maximum Gasteiger partial charge on any atom is 0.336 e. The molecule has 0 fully saturated rings. The molecule has 0 atom stereocenters. The fourth-order valence-corrected chi connectivity index (χ4v) is 2.78. The number of hydrogen-bond acceptors (Lipinski definition) is 3. The Bertz CT molecular complexity index is 733. The van der Waals surface area contributed by atoms with Gasteiger partial charge in [-0.1, -0.05) is 11.6 Å². The van der Waals surface area contributed by atoms with Gasteiger partial charge in [0.1, 0.15) is 5.82 Å². The lowest BCUT2D eigenvalue weighted by atomic mass is 9.96. The number of fused-ring (bicyclic) bond motifs is 2. The standard InChI is InChI=1S/C14H12ClFN2O2/c1-18-3-2-11-8(6-18)13(14(19)20)7-4-9(15)10(16)5-12(7)17-11/h4-5H,2-3,6H2,1H3,(H,19,20). The number of rotatable bonds is 1. The van der Waals surface area contributed by atoms with Gasteiger partial charge in [0.25, 0.3) is 0 Å². The van der Waals surface area contributed by atoms with Crippen molar-refractivity contribution in [2.24, 2.45) is 0 Å². The van der Waals surface area contributed by atoms with Crippen molar-refractivity contribution >= 4 is 28.5 Å². The third-order valence-corrected chi connectivity index (χ3v) is 3.88. The molecule has 1 aliphatic rings. The highest BCUT2D eigenvalue weighted by molar-refractivity contribution is 6.31. The van der Waals surface area contributed by atoms with Crippen LogP contribution in [0.1, 0.15) is 21.6 Å². The number of nitrogens with zero attached hydrogens (tertiary/aromatic N) is 2. The molecule has 0 spiro atoms. The van der Waals surface area contributed by atoms with Crippen LogP contribution in [0.3, 0.4) is 0 Å². The number of halogens is 2. The molecule has 0 amide bonds. The maximum atomic E-state index is 13.5. The SMILES string of the molecule is CN1CCc2nc3cc(F)c(Cl)cc3c(C(=O)O)c2C1. The van der Waals surface area contributed by atoms with Crippen molar-refractivity contribution < 1.29 is 14.3 Å². The lowest BCUT2D eigenvalue weighted by molar-refractivity contribution is 0.0696. The van der Waals surface area contributed by atoms with Gasteiger partial charge in [0, 0.05) is 42.2 Å². The average molecular weight is 295 g/mol. The smallest absolute Gasteiger partial charge is 0.336 e. The Morgan fingerprint density at radius 3 is 2.95 bits per heavy atom. The van der Waals surface area contributed by atoms with E-state index in [1.165, 1.54) is 12.1 Å². The molecular formula is C14H12ClFN2O2. The summed E-state index contributed by atoms with van der Waals surface area (Å²) in [7, 11) is 1.93. The van der Waals surface area contributed by atoms with Crippen molar-refractivity contribution in [3.8, 4) is 0 Å². The molecule has 1 N–H and O–H groups in total. The number of hydrogen-bond donors (Lipinski definition) is 1. The summed E-state index contributed by atoms with van der Waals surface area (Å²) < 4.78 is 13.5. The first kappa shape index (κ1) is 13.3. The van der Waals surface area contributed by atoms with Crippen LogP contribution in [-0.4, -0.2) is 34.6 Å². The highest BCUT2D eigenvalue weighted by atomic mass is 35.5. The quantitative estimate of drug-likeness (QED) is 0.878. The van der Waals surface area contributed by atoms with Gasteiger partial charge in [-0.15, -0.1) is 0 Å². The van der Waals surface area contributed by atoms with Crippen LogP contribution < -0.4 is 0 Å². The van der Waals surface area contributed by atoms with E-state index in [-0.39, 0.29) is 10.6 Å². The van der Waals surface area contributed by atoms with E-state index in [1.807, 2.05) is 11.9 Å². The third-order valence-electron chi connectivity index (χ3n) is 3.59. The summed E-state index contributed by atoms with van der Waals surface area (Å²) in [4.78, 5) is 18.0. The van der Waals surface area contributed by atoms with Gasteiger partial charge in [-0.3, -0.25) is 4.98 Å². The van der Waals surface area contributed by atoms with Crippen molar-refractivity contribution in [1.29, 1.82) is 0 Å². The summed E-state index contributed by atoms with van der Waals surface area (Å²) in [5.41, 5.74) is 1.95. The number of likely N-dealkylation sites (N-methyl/N-ethyl adjacent to an activating group) is 1. The summed E-state index contributed by atoms with van der Waals surface area (Å²) in [6.07, 6.45) is 0.659. The van der Waals surface area contributed by atoms with Gasteiger partial charge < -0.3 is 10.0 Å². The molecule has 2 aromatic rings. The zero-order valence-electron chi connectivity index (χ0n) is 10.8. The zero-order valence-corrected chi connectivity index (χ0v) is 11.5. The van der Waals surface area contributed by atoms with Gasteiger partial charge in [0.05, 0.1) is 16.1 Å². The molecule has 0 radical (unpaired) electrons. The molecule has 1 aromatic carbocycles. The highest BCUT2D eigenvalue weighted by Gasteiger charge is 2.24. The lowest BCUT2D eigenvalue weighted by Gasteiger charge is -2.26. The van der Waals surface area contributed by atoms with Crippen molar-refractivity contribution in [3.63, 3.8) is 0 Å². The van der Waals surface area contributed by atoms with E-state index >= 15 is 0 Å². The molecule has 2 heterocycles. The molecule has 6 heteroatoms. The van der Waals surface area contributed by atoms with Crippen molar-refractivity contribution in [1.82, 2.24) is 9.88 Å². The second-order valence-electron chi connectivity index (χ2n) is 4.99. The zero-order chi connectivity index (χ0) is 14.4.